The van der Waals surface area contributed by atoms with Crippen molar-refractivity contribution in [2.75, 3.05) is 39.8 Å². The van der Waals surface area contributed by atoms with Crippen molar-refractivity contribution in [2.45, 2.75) is 32.1 Å². The summed E-state index contributed by atoms with van der Waals surface area (Å²) in [6.45, 7) is 2.22. The number of hydrogen-bond donors (Lipinski definition) is 6. The molecule has 6 N–H and O–H groups in total. The van der Waals surface area contributed by atoms with Gasteiger partial charge in [0.1, 0.15) is 17.2 Å². The number of aromatic hydroxyl groups is 2. The molecule has 0 spiro atoms. The molecule has 0 radical (unpaired) electrons. The Morgan fingerprint density at radius 3 is 2.34 bits per heavy atom. The van der Waals surface area contributed by atoms with E-state index in [1.807, 2.05) is 0 Å². The lowest BCUT2D eigenvalue weighted by molar-refractivity contribution is -0.125. The highest BCUT2D eigenvalue weighted by Crippen LogP contribution is 2.47. The smallest absolute Gasteiger partial charge is 0.239 e. The summed E-state index contributed by atoms with van der Waals surface area (Å²) in [5.41, 5.74) is 0.375. The number of nitrogens with one attached hydrogen (secondary N) is 4. The summed E-state index contributed by atoms with van der Waals surface area (Å²) in [7, 11) is 1.39. The van der Waals surface area contributed by atoms with Gasteiger partial charge in [0.25, 0.3) is 0 Å². The SMILES string of the molecule is COc1cccc2c1C(=O)c1c(O)c3c(c(O)c1C2=O)C[C@@H](C(=O)NCCCNCCCNC(=O)CNC=O)CC3. The van der Waals surface area contributed by atoms with E-state index >= 15 is 0 Å². The van der Waals surface area contributed by atoms with Crippen LogP contribution in [0, 0.1) is 5.92 Å². The van der Waals surface area contributed by atoms with E-state index in [1.54, 1.807) is 12.1 Å². The lowest BCUT2D eigenvalue weighted by Gasteiger charge is -2.29. The summed E-state index contributed by atoms with van der Waals surface area (Å²) >= 11 is 0. The van der Waals surface area contributed by atoms with E-state index in [0.717, 1.165) is 0 Å². The first kappa shape index (κ1) is 29.5. The predicted molar refractivity (Wildman–Crippen MR) is 147 cm³/mol. The Kier molecular flexibility index (Phi) is 9.56. The van der Waals surface area contributed by atoms with Gasteiger partial charge in [0, 0.05) is 35.7 Å². The average molecular weight is 567 g/mol. The van der Waals surface area contributed by atoms with Gasteiger partial charge in [-0.15, -0.1) is 0 Å². The highest BCUT2D eigenvalue weighted by atomic mass is 16.5. The number of benzene rings is 2. The fourth-order valence-electron chi connectivity index (χ4n) is 5.36. The molecule has 2 aromatic carbocycles. The Balaban J connectivity index is 1.31. The number of carbonyl (C=O) groups excluding carboxylic acids is 5. The van der Waals surface area contributed by atoms with Gasteiger partial charge in [-0.1, -0.05) is 12.1 Å². The maximum atomic E-state index is 13.4. The normalized spacial score (nSPS) is 15.3. The van der Waals surface area contributed by atoms with Crippen LogP contribution in [0.25, 0.3) is 0 Å². The zero-order valence-corrected chi connectivity index (χ0v) is 22.8. The topological polar surface area (TPSA) is 183 Å². The van der Waals surface area contributed by atoms with Crippen molar-refractivity contribution in [1.82, 2.24) is 21.3 Å². The number of hydrogen-bond acceptors (Lipinski definition) is 9. The Morgan fingerprint density at radius 1 is 0.951 bits per heavy atom. The fraction of sp³-hybridized carbons (Fsp3) is 0.414. The molecule has 0 saturated heterocycles. The van der Waals surface area contributed by atoms with Crippen molar-refractivity contribution in [2.24, 2.45) is 5.92 Å². The first-order valence-corrected chi connectivity index (χ1v) is 13.6. The molecule has 0 bridgehead atoms. The minimum Gasteiger partial charge on any atom is -0.507 e. The molecule has 0 heterocycles. The molecule has 0 unspecified atom stereocenters. The van der Waals surface area contributed by atoms with Gasteiger partial charge >= 0.3 is 0 Å². The van der Waals surface area contributed by atoms with Crippen LogP contribution in [0.3, 0.4) is 0 Å². The van der Waals surface area contributed by atoms with Gasteiger partial charge in [0.2, 0.25) is 24.0 Å². The van der Waals surface area contributed by atoms with Crippen LogP contribution in [-0.2, 0) is 27.2 Å². The van der Waals surface area contributed by atoms with Crippen LogP contribution in [0.4, 0.5) is 0 Å². The molecule has 2 aliphatic rings. The minimum absolute atomic E-state index is 0.0475. The molecule has 2 aromatic rings. The van der Waals surface area contributed by atoms with Crippen molar-refractivity contribution in [1.29, 1.82) is 0 Å². The van der Waals surface area contributed by atoms with Gasteiger partial charge in [-0.3, -0.25) is 24.0 Å². The van der Waals surface area contributed by atoms with Crippen LogP contribution in [0.15, 0.2) is 18.2 Å². The number of ketones is 2. The quantitative estimate of drug-likeness (QED) is 0.0965. The summed E-state index contributed by atoms with van der Waals surface area (Å²) < 4.78 is 5.27. The maximum absolute atomic E-state index is 13.4. The molecule has 12 nitrogen and oxygen atoms in total. The monoisotopic (exact) mass is 566 g/mol. The van der Waals surface area contributed by atoms with Crippen LogP contribution in [0.5, 0.6) is 17.2 Å². The third kappa shape index (κ3) is 6.17. The van der Waals surface area contributed by atoms with Crippen molar-refractivity contribution in [3.05, 3.63) is 51.6 Å². The van der Waals surface area contributed by atoms with Crippen molar-refractivity contribution < 1.29 is 38.9 Å². The van der Waals surface area contributed by atoms with Crippen LogP contribution >= 0.6 is 0 Å². The first-order valence-electron chi connectivity index (χ1n) is 13.6. The Labute approximate surface area is 236 Å². The van der Waals surface area contributed by atoms with Crippen molar-refractivity contribution in [3.63, 3.8) is 0 Å². The van der Waals surface area contributed by atoms with E-state index in [-0.39, 0.29) is 70.7 Å². The Morgan fingerprint density at radius 2 is 1.63 bits per heavy atom. The lowest BCUT2D eigenvalue weighted by atomic mass is 9.75. The number of phenols is 2. The van der Waals surface area contributed by atoms with E-state index < -0.39 is 17.5 Å². The molecule has 3 amide bonds. The number of amides is 3. The number of carbonyl (C=O) groups is 5. The van der Waals surface area contributed by atoms with E-state index in [0.29, 0.717) is 63.0 Å². The van der Waals surface area contributed by atoms with Gasteiger partial charge < -0.3 is 36.2 Å². The lowest BCUT2D eigenvalue weighted by Crippen LogP contribution is -2.36. The number of ether oxygens (including phenoxy) is 1. The summed E-state index contributed by atoms with van der Waals surface area (Å²) in [4.78, 5) is 61.1. The van der Waals surface area contributed by atoms with Crippen LogP contribution in [0.2, 0.25) is 0 Å². The third-order valence-electron chi connectivity index (χ3n) is 7.42. The minimum atomic E-state index is -0.590. The molecule has 12 heteroatoms. The van der Waals surface area contributed by atoms with Crippen LogP contribution in [-0.4, -0.2) is 79.8 Å². The highest BCUT2D eigenvalue weighted by molar-refractivity contribution is 6.31. The van der Waals surface area contributed by atoms with Gasteiger partial charge in [-0.05, 0) is 51.3 Å². The second-order valence-electron chi connectivity index (χ2n) is 9.98. The first-order chi connectivity index (χ1) is 19.8. The summed E-state index contributed by atoms with van der Waals surface area (Å²) in [6.07, 6.45) is 2.68. The van der Waals surface area contributed by atoms with Gasteiger partial charge in [0.15, 0.2) is 5.78 Å². The van der Waals surface area contributed by atoms with Gasteiger partial charge in [-0.2, -0.15) is 0 Å². The zero-order valence-electron chi connectivity index (χ0n) is 22.8. The van der Waals surface area contributed by atoms with Crippen LogP contribution in [0.1, 0.15) is 62.2 Å². The second kappa shape index (κ2) is 13.3. The Bertz CT molecular complexity index is 1370. The average Bonchev–Trinajstić information content (AvgIpc) is 2.98. The molecule has 0 aliphatic heterocycles. The molecule has 0 fully saturated rings. The zero-order chi connectivity index (χ0) is 29.5. The number of methoxy groups -OCH3 is 1. The van der Waals surface area contributed by atoms with Gasteiger partial charge in [-0.25, -0.2) is 0 Å². The molecule has 1 atom stereocenters. The molecular weight excluding hydrogens is 532 g/mol. The molecule has 2 aliphatic carbocycles. The van der Waals surface area contributed by atoms with Gasteiger partial charge in [0.05, 0.1) is 30.3 Å². The summed E-state index contributed by atoms with van der Waals surface area (Å²) in [5, 5.41) is 33.3. The largest absolute Gasteiger partial charge is 0.507 e. The molecule has 41 heavy (non-hydrogen) atoms. The molecule has 4 rings (SSSR count). The van der Waals surface area contributed by atoms with E-state index in [9.17, 15) is 34.2 Å². The molecule has 0 saturated carbocycles. The molecular formula is C29H34N4O8. The second-order valence-corrected chi connectivity index (χ2v) is 9.98. The van der Waals surface area contributed by atoms with Crippen molar-refractivity contribution in [3.8, 4) is 17.2 Å². The molecule has 0 aromatic heterocycles. The summed E-state index contributed by atoms with van der Waals surface area (Å²) in [6, 6.07) is 4.62. The standard InChI is InChI=1S/C29H34N4O8/c1-41-20-6-2-5-18-22(20)28(39)24-23(26(18)37)27(38)19-13-16(7-8-17(19)25(24)36)29(40)33-12-4-10-30-9-3-11-32-21(35)14-31-15-34/h2,5-6,15-16,30,36,38H,3-4,7-14H2,1H3,(H,31,34)(H,32,35)(H,33,40)/t16-/m0/s1. The highest BCUT2D eigenvalue weighted by Gasteiger charge is 2.41. The molecule has 218 valence electrons. The summed E-state index contributed by atoms with van der Waals surface area (Å²) in [5.74, 6) is -2.55. The third-order valence-corrected chi connectivity index (χ3v) is 7.42. The number of rotatable bonds is 13. The number of fused-ring (bicyclic) bond motifs is 3. The van der Waals surface area contributed by atoms with E-state index in [4.69, 9.17) is 4.74 Å². The van der Waals surface area contributed by atoms with Crippen molar-refractivity contribution >= 4 is 29.8 Å². The fourth-order valence-corrected chi connectivity index (χ4v) is 5.36. The van der Waals surface area contributed by atoms with Crippen LogP contribution < -0.4 is 26.0 Å². The number of phenolic OH excluding ortho intramolecular Hbond substituents is 2. The van der Waals surface area contributed by atoms with E-state index in [2.05, 4.69) is 21.3 Å². The predicted octanol–water partition coefficient (Wildman–Crippen LogP) is 0.335. The maximum Gasteiger partial charge on any atom is 0.239 e. The van der Waals surface area contributed by atoms with E-state index in [1.165, 1.54) is 13.2 Å². The Hall–Kier alpha value is -4.45.